The van der Waals surface area contributed by atoms with Gasteiger partial charge >= 0.3 is 0 Å². The van der Waals surface area contributed by atoms with Gasteiger partial charge < -0.3 is 15.4 Å². The number of nitrogens with zero attached hydrogens (tertiary/aromatic N) is 2. The van der Waals surface area contributed by atoms with Crippen LogP contribution in [0.4, 0.5) is 0 Å². The smallest absolute Gasteiger partial charge is 0.254 e. The van der Waals surface area contributed by atoms with E-state index in [-0.39, 0.29) is 18.0 Å². The molecule has 24 heavy (non-hydrogen) atoms. The van der Waals surface area contributed by atoms with Gasteiger partial charge in [0.25, 0.3) is 5.91 Å². The molecule has 2 saturated heterocycles. The number of likely N-dealkylation sites (tertiary alicyclic amines) is 1. The lowest BCUT2D eigenvalue weighted by Crippen LogP contribution is -2.51. The zero-order valence-electron chi connectivity index (χ0n) is 14.6. The van der Waals surface area contributed by atoms with Crippen molar-refractivity contribution < 1.29 is 9.53 Å². The Balaban J connectivity index is 1.64. The van der Waals surface area contributed by atoms with Crippen LogP contribution in [0.15, 0.2) is 24.3 Å². The van der Waals surface area contributed by atoms with Crippen LogP contribution in [0.1, 0.15) is 42.1 Å². The Bertz CT molecular complexity index is 538. The molecule has 0 unspecified atom stereocenters. The maximum atomic E-state index is 12.9. The van der Waals surface area contributed by atoms with Crippen molar-refractivity contribution in [2.45, 2.75) is 44.8 Å². The van der Waals surface area contributed by atoms with E-state index in [0.29, 0.717) is 0 Å². The standard InChI is InChI=1S/C19H29N3O2/c1-15(20)18-4-2-3-9-22(18)19(23)17-7-5-16(6-8-17)14-21-10-12-24-13-11-21/h5-8,15,18H,2-4,9-14,20H2,1H3/t15-,18+/m1/s1. The molecule has 2 N–H and O–H groups in total. The number of amides is 1. The molecular formula is C19H29N3O2. The average molecular weight is 331 g/mol. The summed E-state index contributed by atoms with van der Waals surface area (Å²) in [4.78, 5) is 17.2. The van der Waals surface area contributed by atoms with Crippen LogP contribution in [0, 0.1) is 0 Å². The van der Waals surface area contributed by atoms with Crippen molar-refractivity contribution in [3.05, 3.63) is 35.4 Å². The van der Waals surface area contributed by atoms with Crippen LogP contribution < -0.4 is 5.73 Å². The molecule has 1 aromatic rings. The van der Waals surface area contributed by atoms with Crippen LogP contribution in [0.2, 0.25) is 0 Å². The number of nitrogens with two attached hydrogens (primary N) is 1. The topological polar surface area (TPSA) is 58.8 Å². The van der Waals surface area contributed by atoms with Gasteiger partial charge in [-0.1, -0.05) is 12.1 Å². The molecule has 2 aliphatic rings. The highest BCUT2D eigenvalue weighted by Gasteiger charge is 2.29. The highest BCUT2D eigenvalue weighted by molar-refractivity contribution is 5.94. The minimum atomic E-state index is 0.0230. The van der Waals surface area contributed by atoms with E-state index in [0.717, 1.165) is 64.2 Å². The Morgan fingerprint density at radius 1 is 1.21 bits per heavy atom. The molecule has 0 aromatic heterocycles. The lowest BCUT2D eigenvalue weighted by atomic mass is 9.96. The molecule has 0 aliphatic carbocycles. The fourth-order valence-corrected chi connectivity index (χ4v) is 3.69. The molecule has 2 fully saturated rings. The van der Waals surface area contributed by atoms with Crippen molar-refractivity contribution in [2.24, 2.45) is 5.73 Å². The van der Waals surface area contributed by atoms with Crippen LogP contribution in [0.3, 0.4) is 0 Å². The van der Waals surface area contributed by atoms with E-state index in [9.17, 15) is 4.79 Å². The monoisotopic (exact) mass is 331 g/mol. The van der Waals surface area contributed by atoms with Gasteiger partial charge in [0.15, 0.2) is 0 Å². The number of hydrogen-bond acceptors (Lipinski definition) is 4. The average Bonchev–Trinajstić information content (AvgIpc) is 2.62. The highest BCUT2D eigenvalue weighted by atomic mass is 16.5. The first-order valence-electron chi connectivity index (χ1n) is 9.11. The normalized spacial score (nSPS) is 23.9. The third-order valence-electron chi connectivity index (χ3n) is 5.13. The number of carbonyl (C=O) groups excluding carboxylic acids is 1. The summed E-state index contributed by atoms with van der Waals surface area (Å²) in [6.07, 6.45) is 3.25. The number of hydrogen-bond donors (Lipinski definition) is 1. The number of rotatable bonds is 4. The summed E-state index contributed by atoms with van der Waals surface area (Å²) in [6.45, 7) is 7.32. The Morgan fingerprint density at radius 2 is 1.92 bits per heavy atom. The van der Waals surface area contributed by atoms with Gasteiger partial charge in [-0.25, -0.2) is 0 Å². The number of morpholine rings is 1. The molecule has 1 aromatic carbocycles. The minimum Gasteiger partial charge on any atom is -0.379 e. The van der Waals surface area contributed by atoms with E-state index in [1.54, 1.807) is 0 Å². The third kappa shape index (κ3) is 4.15. The predicted molar refractivity (Wildman–Crippen MR) is 94.9 cm³/mol. The van der Waals surface area contributed by atoms with Gasteiger partial charge in [-0.15, -0.1) is 0 Å². The first kappa shape index (κ1) is 17.4. The quantitative estimate of drug-likeness (QED) is 0.915. The summed E-state index contributed by atoms with van der Waals surface area (Å²) in [5.41, 5.74) is 8.11. The van der Waals surface area contributed by atoms with Crippen molar-refractivity contribution in [3.8, 4) is 0 Å². The van der Waals surface area contributed by atoms with Gasteiger partial charge in [0.2, 0.25) is 0 Å². The highest BCUT2D eigenvalue weighted by Crippen LogP contribution is 2.22. The minimum absolute atomic E-state index is 0.0230. The molecule has 0 spiro atoms. The van der Waals surface area contributed by atoms with Gasteiger partial charge in [0, 0.05) is 43.8 Å². The zero-order valence-corrected chi connectivity index (χ0v) is 14.6. The van der Waals surface area contributed by atoms with Crippen LogP contribution >= 0.6 is 0 Å². The Hall–Kier alpha value is -1.43. The van der Waals surface area contributed by atoms with Gasteiger partial charge in [0.05, 0.1) is 13.2 Å². The molecular weight excluding hydrogens is 302 g/mol. The lowest BCUT2D eigenvalue weighted by Gasteiger charge is -2.38. The second-order valence-corrected chi connectivity index (χ2v) is 7.01. The van der Waals surface area contributed by atoms with Gasteiger partial charge in [0.1, 0.15) is 0 Å². The Morgan fingerprint density at radius 3 is 2.58 bits per heavy atom. The molecule has 2 aliphatic heterocycles. The summed E-state index contributed by atoms with van der Waals surface area (Å²) in [5.74, 6) is 0.120. The molecule has 0 saturated carbocycles. The number of ether oxygens (including phenoxy) is 1. The SMILES string of the molecule is C[C@@H](N)[C@@H]1CCCCN1C(=O)c1ccc(CN2CCOCC2)cc1. The predicted octanol–water partition coefficient (Wildman–Crippen LogP) is 1.86. The largest absolute Gasteiger partial charge is 0.379 e. The fourth-order valence-electron chi connectivity index (χ4n) is 3.69. The van der Waals surface area contributed by atoms with E-state index >= 15 is 0 Å². The van der Waals surface area contributed by atoms with Crippen molar-refractivity contribution in [1.82, 2.24) is 9.80 Å². The Kier molecular flexibility index (Phi) is 5.87. The van der Waals surface area contributed by atoms with E-state index in [2.05, 4.69) is 17.0 Å². The molecule has 132 valence electrons. The van der Waals surface area contributed by atoms with Gasteiger partial charge in [-0.3, -0.25) is 9.69 Å². The summed E-state index contributed by atoms with van der Waals surface area (Å²) in [6, 6.07) is 8.27. The van der Waals surface area contributed by atoms with Crippen LogP contribution in [-0.2, 0) is 11.3 Å². The van der Waals surface area contributed by atoms with Crippen molar-refractivity contribution >= 4 is 5.91 Å². The summed E-state index contributed by atoms with van der Waals surface area (Å²) in [5, 5.41) is 0. The summed E-state index contributed by atoms with van der Waals surface area (Å²) in [7, 11) is 0. The first-order valence-corrected chi connectivity index (χ1v) is 9.11. The first-order chi connectivity index (χ1) is 11.6. The van der Waals surface area contributed by atoms with Crippen LogP contribution in [0.5, 0.6) is 0 Å². The second-order valence-electron chi connectivity index (χ2n) is 7.01. The Labute approximate surface area is 144 Å². The van der Waals surface area contributed by atoms with Gasteiger partial charge in [-0.05, 0) is 43.9 Å². The molecule has 2 heterocycles. The van der Waals surface area contributed by atoms with Gasteiger partial charge in [-0.2, -0.15) is 0 Å². The van der Waals surface area contributed by atoms with E-state index in [4.69, 9.17) is 10.5 Å². The van der Waals surface area contributed by atoms with Crippen LogP contribution in [-0.4, -0.2) is 60.6 Å². The second kappa shape index (κ2) is 8.10. The summed E-state index contributed by atoms with van der Waals surface area (Å²) < 4.78 is 5.38. The maximum absolute atomic E-state index is 12.9. The molecule has 0 bridgehead atoms. The molecule has 1 amide bonds. The van der Waals surface area contributed by atoms with Crippen molar-refractivity contribution in [2.75, 3.05) is 32.8 Å². The third-order valence-corrected chi connectivity index (χ3v) is 5.13. The molecule has 2 atom stereocenters. The van der Waals surface area contributed by atoms with Crippen LogP contribution in [0.25, 0.3) is 0 Å². The molecule has 5 heteroatoms. The van der Waals surface area contributed by atoms with E-state index in [1.165, 1.54) is 5.56 Å². The fraction of sp³-hybridized carbons (Fsp3) is 0.632. The summed E-state index contributed by atoms with van der Waals surface area (Å²) >= 11 is 0. The molecule has 3 rings (SSSR count). The van der Waals surface area contributed by atoms with Crippen molar-refractivity contribution in [3.63, 3.8) is 0 Å². The number of benzene rings is 1. The number of carbonyl (C=O) groups is 1. The lowest BCUT2D eigenvalue weighted by molar-refractivity contribution is 0.0342. The molecule has 5 nitrogen and oxygen atoms in total. The zero-order chi connectivity index (χ0) is 16.9. The van der Waals surface area contributed by atoms with Crippen molar-refractivity contribution in [1.29, 1.82) is 0 Å². The van der Waals surface area contributed by atoms with E-state index < -0.39 is 0 Å². The van der Waals surface area contributed by atoms with E-state index in [1.807, 2.05) is 24.0 Å². The molecule has 0 radical (unpaired) electrons. The maximum Gasteiger partial charge on any atom is 0.254 e. The number of piperidine rings is 1.